The largest absolute Gasteiger partial charge is 0.492 e. The maximum atomic E-state index is 11.1. The average molecular weight is 233 g/mol. The molecule has 0 fully saturated rings. The monoisotopic (exact) mass is 233 g/mol. The average Bonchev–Trinajstić information content (AvgIpc) is 2.28. The Bertz CT molecular complexity index is 560. The van der Waals surface area contributed by atoms with Gasteiger partial charge in [0.05, 0.1) is 0 Å². The summed E-state index contributed by atoms with van der Waals surface area (Å²) in [5, 5.41) is 0.893. The Morgan fingerprint density at radius 2 is 2.00 bits per heavy atom. The van der Waals surface area contributed by atoms with Crippen molar-refractivity contribution < 1.29 is 9.15 Å². The molecular formula is C13H15NO3. The van der Waals surface area contributed by atoms with E-state index in [-0.39, 0.29) is 5.63 Å². The molecule has 0 N–H and O–H groups in total. The molecule has 0 aliphatic heterocycles. The van der Waals surface area contributed by atoms with E-state index in [1.807, 2.05) is 31.1 Å². The standard InChI is InChI=1S/C13H15NO3/c1-14(2)7-8-16-11-5-3-10-4-6-13(15)17-12(10)9-11/h3-6,9H,7-8H2,1-2H3. The second kappa shape index (κ2) is 5.01. The molecule has 0 spiro atoms. The van der Waals surface area contributed by atoms with Crippen molar-refractivity contribution in [2.75, 3.05) is 27.2 Å². The van der Waals surface area contributed by atoms with Crippen LogP contribution in [0.1, 0.15) is 0 Å². The third-order valence-corrected chi connectivity index (χ3v) is 2.40. The van der Waals surface area contributed by atoms with Gasteiger partial charge in [-0.05, 0) is 32.3 Å². The summed E-state index contributed by atoms with van der Waals surface area (Å²) in [6, 6.07) is 8.65. The molecule has 0 aliphatic carbocycles. The van der Waals surface area contributed by atoms with Gasteiger partial charge in [0.15, 0.2) is 0 Å². The Balaban J connectivity index is 2.16. The van der Waals surface area contributed by atoms with E-state index in [0.717, 1.165) is 11.9 Å². The van der Waals surface area contributed by atoms with Gasteiger partial charge < -0.3 is 14.1 Å². The van der Waals surface area contributed by atoms with Crippen LogP contribution in [0.25, 0.3) is 11.0 Å². The van der Waals surface area contributed by atoms with E-state index in [1.54, 1.807) is 12.1 Å². The summed E-state index contributed by atoms with van der Waals surface area (Å²) in [6.07, 6.45) is 0. The fraction of sp³-hybridized carbons (Fsp3) is 0.308. The van der Waals surface area contributed by atoms with Crippen LogP contribution in [0.2, 0.25) is 0 Å². The molecule has 0 amide bonds. The Labute approximate surface area is 99.4 Å². The maximum Gasteiger partial charge on any atom is 0.336 e. The van der Waals surface area contributed by atoms with Crippen molar-refractivity contribution >= 4 is 11.0 Å². The van der Waals surface area contributed by atoms with E-state index in [0.29, 0.717) is 17.9 Å². The fourth-order valence-corrected chi connectivity index (χ4v) is 1.48. The molecule has 0 unspecified atom stereocenters. The van der Waals surface area contributed by atoms with Gasteiger partial charge in [0.1, 0.15) is 17.9 Å². The summed E-state index contributed by atoms with van der Waals surface area (Å²) in [7, 11) is 3.98. The third-order valence-electron chi connectivity index (χ3n) is 2.40. The number of fused-ring (bicyclic) bond motifs is 1. The first-order valence-corrected chi connectivity index (χ1v) is 5.46. The van der Waals surface area contributed by atoms with Crippen molar-refractivity contribution in [3.63, 3.8) is 0 Å². The molecule has 1 aromatic carbocycles. The van der Waals surface area contributed by atoms with E-state index < -0.39 is 0 Å². The summed E-state index contributed by atoms with van der Waals surface area (Å²) in [6.45, 7) is 1.45. The van der Waals surface area contributed by atoms with E-state index in [1.165, 1.54) is 6.07 Å². The smallest absolute Gasteiger partial charge is 0.336 e. The topological polar surface area (TPSA) is 42.7 Å². The summed E-state index contributed by atoms with van der Waals surface area (Å²) in [5.41, 5.74) is 0.211. The van der Waals surface area contributed by atoms with Crippen molar-refractivity contribution in [2.45, 2.75) is 0 Å². The summed E-state index contributed by atoms with van der Waals surface area (Å²) in [5.74, 6) is 0.716. The van der Waals surface area contributed by atoms with Gasteiger partial charge >= 0.3 is 5.63 Å². The van der Waals surface area contributed by atoms with Crippen molar-refractivity contribution in [1.82, 2.24) is 4.90 Å². The molecular weight excluding hydrogens is 218 g/mol. The molecule has 90 valence electrons. The molecule has 1 aromatic heterocycles. The first-order chi connectivity index (χ1) is 8.15. The summed E-state index contributed by atoms with van der Waals surface area (Å²) in [4.78, 5) is 13.1. The van der Waals surface area contributed by atoms with Crippen LogP contribution in [0.3, 0.4) is 0 Å². The van der Waals surface area contributed by atoms with Gasteiger partial charge in [-0.2, -0.15) is 0 Å². The zero-order valence-electron chi connectivity index (χ0n) is 9.97. The summed E-state index contributed by atoms with van der Waals surface area (Å²) < 4.78 is 10.6. The fourth-order valence-electron chi connectivity index (χ4n) is 1.48. The molecule has 4 nitrogen and oxygen atoms in total. The number of nitrogens with zero attached hydrogens (tertiary/aromatic N) is 1. The molecule has 0 saturated carbocycles. The van der Waals surface area contributed by atoms with Gasteiger partial charge in [0.2, 0.25) is 0 Å². The molecule has 2 aromatic rings. The molecule has 2 rings (SSSR count). The summed E-state index contributed by atoms with van der Waals surface area (Å²) >= 11 is 0. The number of rotatable bonds is 4. The molecule has 1 heterocycles. The molecule has 0 saturated heterocycles. The Morgan fingerprint density at radius 1 is 1.24 bits per heavy atom. The molecule has 0 aliphatic rings. The van der Waals surface area contributed by atoms with Crippen LogP contribution in [-0.4, -0.2) is 32.1 Å². The van der Waals surface area contributed by atoms with Crippen LogP contribution in [0.5, 0.6) is 5.75 Å². The lowest BCUT2D eigenvalue weighted by Crippen LogP contribution is -2.19. The lowest BCUT2D eigenvalue weighted by Gasteiger charge is -2.11. The molecule has 0 radical (unpaired) electrons. The van der Waals surface area contributed by atoms with E-state index >= 15 is 0 Å². The van der Waals surface area contributed by atoms with Crippen LogP contribution in [-0.2, 0) is 0 Å². The number of hydrogen-bond donors (Lipinski definition) is 0. The van der Waals surface area contributed by atoms with Crippen molar-refractivity contribution in [3.8, 4) is 5.75 Å². The van der Waals surface area contributed by atoms with Crippen LogP contribution < -0.4 is 10.4 Å². The zero-order chi connectivity index (χ0) is 12.3. The third kappa shape index (κ3) is 3.07. The molecule has 0 atom stereocenters. The van der Waals surface area contributed by atoms with Crippen LogP contribution in [0.15, 0.2) is 39.5 Å². The predicted molar refractivity (Wildman–Crippen MR) is 66.5 cm³/mol. The minimum absolute atomic E-state index is 0.344. The highest BCUT2D eigenvalue weighted by atomic mass is 16.5. The minimum atomic E-state index is -0.344. The van der Waals surface area contributed by atoms with Gasteiger partial charge in [-0.1, -0.05) is 0 Å². The lowest BCUT2D eigenvalue weighted by molar-refractivity contribution is 0.261. The van der Waals surface area contributed by atoms with Crippen LogP contribution in [0.4, 0.5) is 0 Å². The molecule has 4 heteroatoms. The Kier molecular flexibility index (Phi) is 3.44. The zero-order valence-corrected chi connectivity index (χ0v) is 9.97. The van der Waals surface area contributed by atoms with E-state index in [4.69, 9.17) is 9.15 Å². The van der Waals surface area contributed by atoms with Gasteiger partial charge in [-0.15, -0.1) is 0 Å². The van der Waals surface area contributed by atoms with Gasteiger partial charge in [0.25, 0.3) is 0 Å². The van der Waals surface area contributed by atoms with Crippen LogP contribution in [0, 0.1) is 0 Å². The van der Waals surface area contributed by atoms with Gasteiger partial charge in [-0.3, -0.25) is 0 Å². The highest BCUT2D eigenvalue weighted by Crippen LogP contribution is 2.19. The predicted octanol–water partition coefficient (Wildman–Crippen LogP) is 1.73. The second-order valence-corrected chi connectivity index (χ2v) is 4.11. The minimum Gasteiger partial charge on any atom is -0.492 e. The normalized spacial score (nSPS) is 11.0. The second-order valence-electron chi connectivity index (χ2n) is 4.11. The first-order valence-electron chi connectivity index (χ1n) is 5.46. The molecule has 0 bridgehead atoms. The number of ether oxygens (including phenoxy) is 1. The van der Waals surface area contributed by atoms with E-state index in [2.05, 4.69) is 0 Å². The number of hydrogen-bond acceptors (Lipinski definition) is 4. The highest BCUT2D eigenvalue weighted by molar-refractivity contribution is 5.77. The number of benzene rings is 1. The van der Waals surface area contributed by atoms with E-state index in [9.17, 15) is 4.79 Å². The van der Waals surface area contributed by atoms with Gasteiger partial charge in [0, 0.05) is 24.1 Å². The lowest BCUT2D eigenvalue weighted by atomic mass is 10.2. The first kappa shape index (κ1) is 11.7. The Hall–Kier alpha value is -1.81. The van der Waals surface area contributed by atoms with Crippen molar-refractivity contribution in [2.24, 2.45) is 0 Å². The quantitative estimate of drug-likeness (QED) is 0.754. The SMILES string of the molecule is CN(C)CCOc1ccc2ccc(=O)oc2c1. The maximum absolute atomic E-state index is 11.1. The number of likely N-dealkylation sites (N-methyl/N-ethyl adjacent to an activating group) is 1. The van der Waals surface area contributed by atoms with Crippen molar-refractivity contribution in [1.29, 1.82) is 0 Å². The highest BCUT2D eigenvalue weighted by Gasteiger charge is 2.00. The van der Waals surface area contributed by atoms with Crippen molar-refractivity contribution in [3.05, 3.63) is 40.8 Å². The van der Waals surface area contributed by atoms with Crippen LogP contribution >= 0.6 is 0 Å². The van der Waals surface area contributed by atoms with Gasteiger partial charge in [-0.25, -0.2) is 4.79 Å². The Morgan fingerprint density at radius 3 is 2.76 bits per heavy atom. The molecule has 17 heavy (non-hydrogen) atoms.